The van der Waals surface area contributed by atoms with Crippen LogP contribution in [0, 0.1) is 0 Å². The summed E-state index contributed by atoms with van der Waals surface area (Å²) < 4.78 is 37.3. The molecule has 1 aromatic carbocycles. The van der Waals surface area contributed by atoms with E-state index in [4.69, 9.17) is 0 Å². The fourth-order valence-electron chi connectivity index (χ4n) is 2.34. The van der Waals surface area contributed by atoms with Gasteiger partial charge < -0.3 is 5.32 Å². The lowest BCUT2D eigenvalue weighted by Crippen LogP contribution is -2.25. The predicted molar refractivity (Wildman–Crippen MR) is 70.0 cm³/mol. The summed E-state index contributed by atoms with van der Waals surface area (Å²) in [4.78, 5) is 0. The molecule has 1 nitrogen and oxygen atoms in total. The molecule has 1 fully saturated rings. The molecule has 0 spiro atoms. The standard InChI is InChI=1S/C13H16F3NS/c1-18-12-4-2-3-11(12)17-10-7-5-9(6-8-10)13(14,15)16/h5-8,11-12,17H,2-4H2,1H3. The lowest BCUT2D eigenvalue weighted by molar-refractivity contribution is -0.137. The smallest absolute Gasteiger partial charge is 0.381 e. The van der Waals surface area contributed by atoms with Crippen LogP contribution in [0.3, 0.4) is 0 Å². The van der Waals surface area contributed by atoms with Crippen LogP contribution in [-0.2, 0) is 6.18 Å². The second-order valence-corrected chi connectivity index (χ2v) is 5.61. The molecule has 1 aromatic rings. The van der Waals surface area contributed by atoms with Crippen LogP contribution in [-0.4, -0.2) is 17.5 Å². The molecule has 1 N–H and O–H groups in total. The van der Waals surface area contributed by atoms with Crippen molar-refractivity contribution in [2.75, 3.05) is 11.6 Å². The van der Waals surface area contributed by atoms with Gasteiger partial charge in [0.25, 0.3) is 0 Å². The maximum atomic E-state index is 12.4. The Bertz CT molecular complexity index is 388. The van der Waals surface area contributed by atoms with Gasteiger partial charge >= 0.3 is 6.18 Å². The zero-order chi connectivity index (χ0) is 13.2. The summed E-state index contributed by atoms with van der Waals surface area (Å²) in [6.45, 7) is 0. The number of nitrogens with one attached hydrogen (secondary N) is 1. The minimum Gasteiger partial charge on any atom is -0.381 e. The van der Waals surface area contributed by atoms with Crippen molar-refractivity contribution in [1.82, 2.24) is 0 Å². The van der Waals surface area contributed by atoms with E-state index in [0.29, 0.717) is 11.3 Å². The van der Waals surface area contributed by atoms with Gasteiger partial charge in [-0.3, -0.25) is 0 Å². The third kappa shape index (κ3) is 3.13. The average Bonchev–Trinajstić information content (AvgIpc) is 2.76. The maximum absolute atomic E-state index is 12.4. The van der Waals surface area contributed by atoms with Crippen molar-refractivity contribution in [3.8, 4) is 0 Å². The largest absolute Gasteiger partial charge is 0.416 e. The van der Waals surface area contributed by atoms with Gasteiger partial charge in [0.2, 0.25) is 0 Å². The van der Waals surface area contributed by atoms with Gasteiger partial charge in [-0.25, -0.2) is 0 Å². The fourth-order valence-corrected chi connectivity index (χ4v) is 3.28. The molecule has 1 saturated carbocycles. The Morgan fingerprint density at radius 3 is 2.39 bits per heavy atom. The molecule has 0 saturated heterocycles. The molecule has 2 rings (SSSR count). The van der Waals surface area contributed by atoms with E-state index in [1.54, 1.807) is 0 Å². The molecule has 100 valence electrons. The van der Waals surface area contributed by atoms with E-state index in [9.17, 15) is 13.2 Å². The number of anilines is 1. The zero-order valence-corrected chi connectivity index (χ0v) is 10.9. The molecular formula is C13H16F3NS. The van der Waals surface area contributed by atoms with Crippen molar-refractivity contribution in [2.45, 2.75) is 36.7 Å². The van der Waals surface area contributed by atoms with Gasteiger partial charge in [-0.2, -0.15) is 24.9 Å². The van der Waals surface area contributed by atoms with E-state index in [0.717, 1.165) is 24.2 Å². The second kappa shape index (κ2) is 5.43. The number of hydrogen-bond acceptors (Lipinski definition) is 2. The van der Waals surface area contributed by atoms with Gasteiger partial charge in [-0.05, 0) is 43.4 Å². The van der Waals surface area contributed by atoms with E-state index in [2.05, 4.69) is 11.6 Å². The van der Waals surface area contributed by atoms with Gasteiger partial charge in [-0.1, -0.05) is 6.42 Å². The number of thioether (sulfide) groups is 1. The van der Waals surface area contributed by atoms with Crippen LogP contribution in [0.5, 0.6) is 0 Å². The molecule has 0 bridgehead atoms. The Morgan fingerprint density at radius 2 is 1.83 bits per heavy atom. The highest BCUT2D eigenvalue weighted by molar-refractivity contribution is 7.99. The number of alkyl halides is 3. The number of halogens is 3. The van der Waals surface area contributed by atoms with Crippen molar-refractivity contribution in [2.24, 2.45) is 0 Å². The topological polar surface area (TPSA) is 12.0 Å². The van der Waals surface area contributed by atoms with E-state index >= 15 is 0 Å². The first kappa shape index (κ1) is 13.6. The van der Waals surface area contributed by atoms with Crippen LogP contribution in [0.15, 0.2) is 24.3 Å². The summed E-state index contributed by atoms with van der Waals surface area (Å²) in [7, 11) is 0. The van der Waals surface area contributed by atoms with Crippen molar-refractivity contribution >= 4 is 17.4 Å². The predicted octanol–water partition coefficient (Wildman–Crippen LogP) is 4.40. The first-order valence-electron chi connectivity index (χ1n) is 5.97. The molecule has 5 heteroatoms. The number of benzene rings is 1. The average molecular weight is 275 g/mol. The minimum absolute atomic E-state index is 0.372. The normalized spacial score (nSPS) is 24.2. The van der Waals surface area contributed by atoms with E-state index in [-0.39, 0.29) is 0 Å². The highest BCUT2D eigenvalue weighted by Gasteiger charge is 2.30. The molecule has 0 heterocycles. The molecule has 1 aliphatic rings. The maximum Gasteiger partial charge on any atom is 0.416 e. The van der Waals surface area contributed by atoms with Crippen molar-refractivity contribution < 1.29 is 13.2 Å². The first-order chi connectivity index (χ1) is 8.50. The highest BCUT2D eigenvalue weighted by Crippen LogP contribution is 2.32. The molecular weight excluding hydrogens is 259 g/mol. The van der Waals surface area contributed by atoms with Crippen LogP contribution < -0.4 is 5.32 Å². The summed E-state index contributed by atoms with van der Waals surface area (Å²) in [6, 6.07) is 5.66. The van der Waals surface area contributed by atoms with Gasteiger partial charge in [0.15, 0.2) is 0 Å². The van der Waals surface area contributed by atoms with Crippen molar-refractivity contribution in [1.29, 1.82) is 0 Å². The lowest BCUT2D eigenvalue weighted by Gasteiger charge is -2.20. The fraction of sp³-hybridized carbons (Fsp3) is 0.538. The zero-order valence-electron chi connectivity index (χ0n) is 10.1. The van der Waals surface area contributed by atoms with Crippen LogP contribution >= 0.6 is 11.8 Å². The molecule has 0 amide bonds. The molecule has 2 unspecified atom stereocenters. The van der Waals surface area contributed by atoms with Crippen LogP contribution in [0.1, 0.15) is 24.8 Å². The lowest BCUT2D eigenvalue weighted by atomic mass is 10.1. The van der Waals surface area contributed by atoms with Crippen molar-refractivity contribution in [3.05, 3.63) is 29.8 Å². The monoisotopic (exact) mass is 275 g/mol. The number of hydrogen-bond donors (Lipinski definition) is 1. The Labute approximate surface area is 109 Å². The first-order valence-corrected chi connectivity index (χ1v) is 7.26. The molecule has 18 heavy (non-hydrogen) atoms. The molecule has 1 aliphatic carbocycles. The van der Waals surface area contributed by atoms with Crippen LogP contribution in [0.25, 0.3) is 0 Å². The number of rotatable bonds is 3. The third-order valence-corrected chi connectivity index (χ3v) is 4.49. The van der Waals surface area contributed by atoms with Crippen LogP contribution in [0.2, 0.25) is 0 Å². The second-order valence-electron chi connectivity index (χ2n) is 4.53. The van der Waals surface area contributed by atoms with E-state index < -0.39 is 11.7 Å². The Morgan fingerprint density at radius 1 is 1.17 bits per heavy atom. The Balaban J connectivity index is 2.02. The van der Waals surface area contributed by atoms with Gasteiger partial charge in [0.1, 0.15) is 0 Å². The summed E-state index contributed by atoms with van der Waals surface area (Å²) in [6.07, 6.45) is 1.28. The Hall–Kier alpha value is -0.840. The van der Waals surface area contributed by atoms with Crippen molar-refractivity contribution in [3.63, 3.8) is 0 Å². The quantitative estimate of drug-likeness (QED) is 0.877. The third-order valence-electron chi connectivity index (χ3n) is 3.32. The van der Waals surface area contributed by atoms with Gasteiger partial charge in [0, 0.05) is 17.0 Å². The summed E-state index contributed by atoms with van der Waals surface area (Å²) >= 11 is 1.82. The van der Waals surface area contributed by atoms with Gasteiger partial charge in [0.05, 0.1) is 5.56 Å². The summed E-state index contributed by atoms with van der Waals surface area (Å²) in [5.41, 5.74) is 0.176. The van der Waals surface area contributed by atoms with E-state index in [1.165, 1.54) is 25.0 Å². The summed E-state index contributed by atoms with van der Waals surface area (Å²) in [5.74, 6) is 0. The van der Waals surface area contributed by atoms with Crippen LogP contribution in [0.4, 0.5) is 18.9 Å². The summed E-state index contributed by atoms with van der Waals surface area (Å²) in [5, 5.41) is 3.89. The molecule has 0 aromatic heterocycles. The molecule has 0 radical (unpaired) electrons. The highest BCUT2D eigenvalue weighted by atomic mass is 32.2. The SMILES string of the molecule is CSC1CCCC1Nc1ccc(C(F)(F)F)cc1. The minimum atomic E-state index is -4.26. The van der Waals surface area contributed by atoms with Gasteiger partial charge in [-0.15, -0.1) is 0 Å². The molecule has 0 aliphatic heterocycles. The Kier molecular flexibility index (Phi) is 4.10. The van der Waals surface area contributed by atoms with E-state index in [1.807, 2.05) is 11.8 Å². The molecule has 2 atom stereocenters.